The number of rotatable bonds is 9. The number of hydrogen-bond donors (Lipinski definition) is 1. The average molecular weight is 566 g/mol. The third kappa shape index (κ3) is 10.9. The summed E-state index contributed by atoms with van der Waals surface area (Å²) >= 11 is 0. The molecule has 32 heavy (non-hydrogen) atoms. The summed E-state index contributed by atoms with van der Waals surface area (Å²) in [6.07, 6.45) is 7.10. The minimum atomic E-state index is -0.445. The van der Waals surface area contributed by atoms with Gasteiger partial charge in [-0.3, -0.25) is 4.99 Å². The molecule has 2 aliphatic heterocycles. The molecule has 1 amide bonds. The number of piperidine rings is 1. The van der Waals surface area contributed by atoms with Crippen LogP contribution in [0.3, 0.4) is 0 Å². The fraction of sp³-hybridized carbons (Fsp3) is 0.917. The van der Waals surface area contributed by atoms with Gasteiger partial charge >= 0.3 is 6.09 Å². The highest BCUT2D eigenvalue weighted by molar-refractivity contribution is 14.0. The van der Waals surface area contributed by atoms with E-state index in [9.17, 15) is 4.79 Å². The summed E-state index contributed by atoms with van der Waals surface area (Å²) in [7, 11) is 0. The first-order valence-electron chi connectivity index (χ1n) is 12.6. The molecule has 0 aromatic carbocycles. The third-order valence-electron chi connectivity index (χ3n) is 6.10. The lowest BCUT2D eigenvalue weighted by molar-refractivity contribution is 0.0214. The van der Waals surface area contributed by atoms with Crippen molar-refractivity contribution in [3.05, 3.63) is 0 Å². The van der Waals surface area contributed by atoms with Crippen LogP contribution >= 0.6 is 24.0 Å². The lowest BCUT2D eigenvalue weighted by Gasteiger charge is -2.36. The van der Waals surface area contributed by atoms with Crippen molar-refractivity contribution in [1.82, 2.24) is 20.0 Å². The van der Waals surface area contributed by atoms with Crippen LogP contribution in [-0.2, 0) is 4.74 Å². The Labute approximate surface area is 213 Å². The second kappa shape index (κ2) is 15.2. The summed E-state index contributed by atoms with van der Waals surface area (Å²) in [4.78, 5) is 24.2. The molecule has 2 aliphatic rings. The Bertz CT molecular complexity index is 553. The van der Waals surface area contributed by atoms with E-state index < -0.39 is 5.60 Å². The van der Waals surface area contributed by atoms with Gasteiger partial charge in [-0.2, -0.15) is 0 Å². The molecular formula is C24H48IN5O2. The van der Waals surface area contributed by atoms with Gasteiger partial charge in [-0.05, 0) is 98.7 Å². The number of unbranched alkanes of at least 4 members (excludes halogenated alkanes) is 1. The SMILES string of the molecule is CCNC(=NCCCCN1CCCC1)N1CCC(CN(CC)C(=O)OC(C)(C)C)CC1.I. The van der Waals surface area contributed by atoms with E-state index in [0.717, 1.165) is 57.9 Å². The molecule has 0 saturated carbocycles. The standard InChI is InChI=1S/C24H47N5O2.HI/c1-6-25-22(26-14-8-9-15-27-16-10-11-17-27)29-18-12-21(13-19-29)20-28(7-2)23(30)31-24(3,4)5;/h21H,6-20H2,1-5H3,(H,25,26);1H. The van der Waals surface area contributed by atoms with Gasteiger partial charge in [0.15, 0.2) is 5.96 Å². The Kier molecular flexibility index (Phi) is 13.9. The van der Waals surface area contributed by atoms with Crippen molar-refractivity contribution in [3.8, 4) is 0 Å². The quantitative estimate of drug-likeness (QED) is 0.194. The topological polar surface area (TPSA) is 60.4 Å². The van der Waals surface area contributed by atoms with Gasteiger partial charge in [-0.15, -0.1) is 24.0 Å². The molecule has 0 aliphatic carbocycles. The maximum absolute atomic E-state index is 12.4. The number of likely N-dealkylation sites (tertiary alicyclic amines) is 2. The van der Waals surface area contributed by atoms with Gasteiger partial charge in [0.2, 0.25) is 0 Å². The zero-order valence-electron chi connectivity index (χ0n) is 21.2. The third-order valence-corrected chi connectivity index (χ3v) is 6.10. The van der Waals surface area contributed by atoms with Gasteiger partial charge in [0.1, 0.15) is 5.60 Å². The summed E-state index contributed by atoms with van der Waals surface area (Å²) in [5.74, 6) is 1.58. The molecule has 0 unspecified atom stereocenters. The molecule has 2 saturated heterocycles. The van der Waals surface area contributed by atoms with Crippen molar-refractivity contribution in [2.45, 2.75) is 78.7 Å². The van der Waals surface area contributed by atoms with Crippen LogP contribution in [0, 0.1) is 5.92 Å². The summed E-state index contributed by atoms with van der Waals surface area (Å²) < 4.78 is 5.56. The number of carbonyl (C=O) groups is 1. The molecule has 2 rings (SSSR count). The number of hydrogen-bond acceptors (Lipinski definition) is 4. The van der Waals surface area contributed by atoms with E-state index in [2.05, 4.69) is 22.0 Å². The van der Waals surface area contributed by atoms with Crippen LogP contribution in [0.25, 0.3) is 0 Å². The van der Waals surface area contributed by atoms with E-state index in [1.807, 2.05) is 32.6 Å². The molecule has 7 nitrogen and oxygen atoms in total. The zero-order chi connectivity index (χ0) is 22.7. The van der Waals surface area contributed by atoms with Crippen LogP contribution in [0.4, 0.5) is 4.79 Å². The van der Waals surface area contributed by atoms with Crippen LogP contribution < -0.4 is 5.32 Å². The monoisotopic (exact) mass is 565 g/mol. The molecule has 1 N–H and O–H groups in total. The van der Waals surface area contributed by atoms with Crippen molar-refractivity contribution in [2.75, 3.05) is 58.9 Å². The predicted octanol–water partition coefficient (Wildman–Crippen LogP) is 4.41. The largest absolute Gasteiger partial charge is 0.444 e. The average Bonchev–Trinajstić information content (AvgIpc) is 3.23. The summed E-state index contributed by atoms with van der Waals surface area (Å²) in [5.41, 5.74) is -0.445. The Morgan fingerprint density at radius 3 is 2.31 bits per heavy atom. The number of carbonyl (C=O) groups excluding carboxylic acids is 1. The molecule has 0 bridgehead atoms. The predicted molar refractivity (Wildman–Crippen MR) is 144 cm³/mol. The van der Waals surface area contributed by atoms with Gasteiger partial charge in [0.25, 0.3) is 0 Å². The Morgan fingerprint density at radius 1 is 1.09 bits per heavy atom. The Balaban J connectivity index is 0.00000512. The number of nitrogens with zero attached hydrogens (tertiary/aromatic N) is 4. The maximum atomic E-state index is 12.4. The second-order valence-corrected chi connectivity index (χ2v) is 9.94. The first kappa shape index (κ1) is 29.3. The first-order chi connectivity index (χ1) is 14.8. The lowest BCUT2D eigenvalue weighted by Crippen LogP contribution is -2.48. The van der Waals surface area contributed by atoms with E-state index in [1.165, 1.54) is 38.9 Å². The first-order valence-corrected chi connectivity index (χ1v) is 12.6. The van der Waals surface area contributed by atoms with E-state index in [1.54, 1.807) is 0 Å². The molecule has 0 radical (unpaired) electrons. The summed E-state index contributed by atoms with van der Waals surface area (Å²) in [6, 6.07) is 0. The second-order valence-electron chi connectivity index (χ2n) is 9.94. The van der Waals surface area contributed by atoms with Gasteiger partial charge in [-0.1, -0.05) is 0 Å². The van der Waals surface area contributed by atoms with Crippen LogP contribution in [-0.4, -0.2) is 91.3 Å². The molecule has 0 spiro atoms. The lowest BCUT2D eigenvalue weighted by atomic mass is 9.96. The molecule has 0 aromatic heterocycles. The molecule has 188 valence electrons. The molecule has 0 aromatic rings. The number of aliphatic imine (C=N–C) groups is 1. The highest BCUT2D eigenvalue weighted by atomic mass is 127. The van der Waals surface area contributed by atoms with E-state index >= 15 is 0 Å². The van der Waals surface area contributed by atoms with Crippen molar-refractivity contribution in [2.24, 2.45) is 10.9 Å². The highest BCUT2D eigenvalue weighted by Gasteiger charge is 2.27. The van der Waals surface area contributed by atoms with Crippen molar-refractivity contribution >= 4 is 36.0 Å². The number of halogens is 1. The number of nitrogens with one attached hydrogen (secondary N) is 1. The minimum absolute atomic E-state index is 0. The molecule has 8 heteroatoms. The molecule has 2 fully saturated rings. The van der Waals surface area contributed by atoms with Gasteiger partial charge in [0, 0.05) is 39.3 Å². The van der Waals surface area contributed by atoms with Crippen molar-refractivity contribution in [1.29, 1.82) is 0 Å². The highest BCUT2D eigenvalue weighted by Crippen LogP contribution is 2.20. The minimum Gasteiger partial charge on any atom is -0.444 e. The van der Waals surface area contributed by atoms with Gasteiger partial charge < -0.3 is 24.8 Å². The smallest absolute Gasteiger partial charge is 0.410 e. The fourth-order valence-electron chi connectivity index (χ4n) is 4.36. The van der Waals surface area contributed by atoms with E-state index in [0.29, 0.717) is 12.5 Å². The van der Waals surface area contributed by atoms with Crippen molar-refractivity contribution < 1.29 is 9.53 Å². The summed E-state index contributed by atoms with van der Waals surface area (Å²) in [5, 5.41) is 3.48. The molecule has 2 heterocycles. The zero-order valence-corrected chi connectivity index (χ0v) is 23.5. The normalized spacial score (nSPS) is 18.4. The Hall–Kier alpha value is -0.770. The molecule has 0 atom stereocenters. The van der Waals surface area contributed by atoms with Crippen LogP contribution in [0.15, 0.2) is 4.99 Å². The Morgan fingerprint density at radius 2 is 1.75 bits per heavy atom. The van der Waals surface area contributed by atoms with Crippen molar-refractivity contribution in [3.63, 3.8) is 0 Å². The summed E-state index contributed by atoms with van der Waals surface area (Å²) in [6.45, 7) is 19.0. The van der Waals surface area contributed by atoms with Crippen LogP contribution in [0.5, 0.6) is 0 Å². The fourth-order valence-corrected chi connectivity index (χ4v) is 4.36. The van der Waals surface area contributed by atoms with E-state index in [4.69, 9.17) is 9.73 Å². The number of ether oxygens (including phenoxy) is 1. The van der Waals surface area contributed by atoms with Crippen LogP contribution in [0.2, 0.25) is 0 Å². The van der Waals surface area contributed by atoms with Crippen LogP contribution in [0.1, 0.15) is 73.1 Å². The van der Waals surface area contributed by atoms with E-state index in [-0.39, 0.29) is 30.1 Å². The van der Waals surface area contributed by atoms with Gasteiger partial charge in [0.05, 0.1) is 0 Å². The number of guanidine groups is 1. The van der Waals surface area contributed by atoms with Gasteiger partial charge in [-0.25, -0.2) is 4.79 Å². The number of amides is 1. The maximum Gasteiger partial charge on any atom is 0.410 e. The molecular weight excluding hydrogens is 517 g/mol.